The van der Waals surface area contributed by atoms with E-state index in [1.807, 2.05) is 6.92 Å². The Kier molecular flexibility index (Phi) is 16.9. The number of methoxy groups -OCH3 is 4. The zero-order valence-corrected chi connectivity index (χ0v) is 9.33. The topological polar surface area (TPSA) is 36.9 Å². The number of hydrogen-bond acceptors (Lipinski definition) is 4. The van der Waals surface area contributed by atoms with Crippen LogP contribution in [0.15, 0.2) is 0 Å². The van der Waals surface area contributed by atoms with E-state index in [9.17, 15) is 0 Å². The summed E-state index contributed by atoms with van der Waals surface area (Å²) in [5, 5.41) is 0. The quantitative estimate of drug-likeness (QED) is 0.471. The molecule has 0 fully saturated rings. The summed E-state index contributed by atoms with van der Waals surface area (Å²) in [5.41, 5.74) is 0. The van der Waals surface area contributed by atoms with E-state index in [4.69, 9.17) is 9.47 Å². The van der Waals surface area contributed by atoms with Crippen LogP contribution in [0.2, 0.25) is 0 Å². The van der Waals surface area contributed by atoms with Gasteiger partial charge in [0.05, 0.1) is 13.2 Å². The first kappa shape index (κ1) is 15.3. The maximum absolute atomic E-state index is 4.83. The first-order valence-electron chi connectivity index (χ1n) is 4.30. The molecule has 0 saturated carbocycles. The van der Waals surface area contributed by atoms with E-state index in [2.05, 4.69) is 9.47 Å². The fraction of sp³-hybridized carbons (Fsp3) is 1.00. The summed E-state index contributed by atoms with van der Waals surface area (Å²) in [4.78, 5) is 0. The monoisotopic (exact) mass is 194 g/mol. The number of hydrogen-bond donors (Lipinski definition) is 0. The van der Waals surface area contributed by atoms with Crippen LogP contribution in [0.5, 0.6) is 0 Å². The molecule has 0 atom stereocenters. The number of ether oxygens (including phenoxy) is 4. The second kappa shape index (κ2) is 14.4. The highest BCUT2D eigenvalue weighted by Gasteiger charge is 1.96. The van der Waals surface area contributed by atoms with Crippen molar-refractivity contribution < 1.29 is 18.9 Å². The third kappa shape index (κ3) is 14.7. The lowest BCUT2D eigenvalue weighted by molar-refractivity contribution is -0.103. The Morgan fingerprint density at radius 3 is 1.31 bits per heavy atom. The summed E-state index contributed by atoms with van der Waals surface area (Å²) in [7, 11) is 6.58. The van der Waals surface area contributed by atoms with Crippen molar-refractivity contribution in [2.45, 2.75) is 19.6 Å². The molecule has 13 heavy (non-hydrogen) atoms. The standard InChI is InChI=1S/C5H12O2.C4H10O2/c1-4-5(6-2)7-3;1-5-3-4-6-2/h5H,4H2,1-3H3;3-4H2,1-2H3. The fourth-order valence-electron chi connectivity index (χ4n) is 0.596. The molecule has 0 amide bonds. The summed E-state index contributed by atoms with van der Waals surface area (Å²) in [6.07, 6.45) is 0.896. The molecule has 0 aliphatic carbocycles. The van der Waals surface area contributed by atoms with E-state index in [0.29, 0.717) is 13.2 Å². The molecule has 4 heteroatoms. The molecule has 0 unspecified atom stereocenters. The van der Waals surface area contributed by atoms with Crippen molar-refractivity contribution in [2.24, 2.45) is 0 Å². The molecule has 0 aromatic carbocycles. The van der Waals surface area contributed by atoms with Crippen molar-refractivity contribution in [3.8, 4) is 0 Å². The zero-order chi connectivity index (χ0) is 10.5. The Hall–Kier alpha value is -0.160. The lowest BCUT2D eigenvalue weighted by atomic mass is 10.5. The molecular weight excluding hydrogens is 172 g/mol. The Labute approximate surface area is 81.1 Å². The molecule has 0 heterocycles. The van der Waals surface area contributed by atoms with Crippen LogP contribution in [-0.2, 0) is 18.9 Å². The summed E-state index contributed by atoms with van der Waals surface area (Å²) in [6.45, 7) is 3.39. The van der Waals surface area contributed by atoms with Gasteiger partial charge in [0.25, 0.3) is 0 Å². The summed E-state index contributed by atoms with van der Waals surface area (Å²) >= 11 is 0. The van der Waals surface area contributed by atoms with E-state index in [-0.39, 0.29) is 6.29 Å². The smallest absolute Gasteiger partial charge is 0.156 e. The van der Waals surface area contributed by atoms with Gasteiger partial charge in [-0.2, -0.15) is 0 Å². The Balaban J connectivity index is 0. The minimum atomic E-state index is -0.0139. The van der Waals surface area contributed by atoms with E-state index >= 15 is 0 Å². The molecule has 0 radical (unpaired) electrons. The van der Waals surface area contributed by atoms with Gasteiger partial charge in [0.1, 0.15) is 0 Å². The van der Waals surface area contributed by atoms with Crippen LogP contribution < -0.4 is 0 Å². The molecule has 82 valence electrons. The van der Waals surface area contributed by atoms with Gasteiger partial charge in [-0.3, -0.25) is 0 Å². The van der Waals surface area contributed by atoms with Crippen molar-refractivity contribution in [1.29, 1.82) is 0 Å². The van der Waals surface area contributed by atoms with Crippen LogP contribution in [0, 0.1) is 0 Å². The van der Waals surface area contributed by atoms with Gasteiger partial charge >= 0.3 is 0 Å². The summed E-state index contributed by atoms with van der Waals surface area (Å²) < 4.78 is 19.0. The van der Waals surface area contributed by atoms with Crippen molar-refractivity contribution in [3.63, 3.8) is 0 Å². The first-order chi connectivity index (χ1) is 6.26. The minimum Gasteiger partial charge on any atom is -0.382 e. The van der Waals surface area contributed by atoms with E-state index in [1.54, 1.807) is 28.4 Å². The van der Waals surface area contributed by atoms with Crippen molar-refractivity contribution in [3.05, 3.63) is 0 Å². The average molecular weight is 194 g/mol. The van der Waals surface area contributed by atoms with Crippen molar-refractivity contribution >= 4 is 0 Å². The Morgan fingerprint density at radius 2 is 1.23 bits per heavy atom. The SMILES string of the molecule is CCC(OC)OC.COCCOC. The van der Waals surface area contributed by atoms with Crippen LogP contribution >= 0.6 is 0 Å². The molecular formula is C9H22O4. The largest absolute Gasteiger partial charge is 0.382 e. The van der Waals surface area contributed by atoms with Gasteiger partial charge in [-0.05, 0) is 6.42 Å². The summed E-state index contributed by atoms with van der Waals surface area (Å²) in [5.74, 6) is 0. The normalized spacial score (nSPS) is 9.69. The molecule has 0 spiro atoms. The van der Waals surface area contributed by atoms with Gasteiger partial charge < -0.3 is 18.9 Å². The van der Waals surface area contributed by atoms with Gasteiger partial charge in [0, 0.05) is 28.4 Å². The molecule has 0 rings (SSSR count). The minimum absolute atomic E-state index is 0.0139. The molecule has 0 aromatic rings. The number of rotatable bonds is 6. The third-order valence-corrected chi connectivity index (χ3v) is 1.35. The highest BCUT2D eigenvalue weighted by molar-refractivity contribution is 4.31. The van der Waals surface area contributed by atoms with Crippen LogP contribution in [0.3, 0.4) is 0 Å². The van der Waals surface area contributed by atoms with Crippen molar-refractivity contribution in [1.82, 2.24) is 0 Å². The second-order valence-corrected chi connectivity index (χ2v) is 2.29. The van der Waals surface area contributed by atoms with Crippen LogP contribution in [-0.4, -0.2) is 47.9 Å². The lowest BCUT2D eigenvalue weighted by Gasteiger charge is -2.08. The van der Waals surface area contributed by atoms with E-state index < -0.39 is 0 Å². The molecule has 0 N–H and O–H groups in total. The molecule has 4 nitrogen and oxygen atoms in total. The predicted octanol–water partition coefficient (Wildman–Crippen LogP) is 1.29. The first-order valence-corrected chi connectivity index (χ1v) is 4.30. The average Bonchev–Trinajstić information content (AvgIpc) is 2.18. The molecule has 0 saturated heterocycles. The molecule has 0 aliphatic rings. The van der Waals surface area contributed by atoms with Gasteiger partial charge in [-0.1, -0.05) is 6.92 Å². The maximum atomic E-state index is 4.83. The Bertz CT molecular complexity index is 64.5. The van der Waals surface area contributed by atoms with Gasteiger partial charge in [-0.15, -0.1) is 0 Å². The van der Waals surface area contributed by atoms with Gasteiger partial charge in [-0.25, -0.2) is 0 Å². The highest BCUT2D eigenvalue weighted by Crippen LogP contribution is 1.93. The third-order valence-electron chi connectivity index (χ3n) is 1.35. The Morgan fingerprint density at radius 1 is 0.846 bits per heavy atom. The van der Waals surface area contributed by atoms with E-state index in [0.717, 1.165) is 6.42 Å². The van der Waals surface area contributed by atoms with Crippen LogP contribution in [0.25, 0.3) is 0 Å². The lowest BCUT2D eigenvalue weighted by Crippen LogP contribution is -2.10. The summed E-state index contributed by atoms with van der Waals surface area (Å²) in [6, 6.07) is 0. The van der Waals surface area contributed by atoms with Gasteiger partial charge in [0.2, 0.25) is 0 Å². The fourth-order valence-corrected chi connectivity index (χ4v) is 0.596. The van der Waals surface area contributed by atoms with Gasteiger partial charge in [0.15, 0.2) is 6.29 Å². The molecule has 0 aromatic heterocycles. The van der Waals surface area contributed by atoms with Crippen LogP contribution in [0.1, 0.15) is 13.3 Å². The molecule has 0 bridgehead atoms. The zero-order valence-electron chi connectivity index (χ0n) is 9.33. The predicted molar refractivity (Wildman–Crippen MR) is 51.8 cm³/mol. The van der Waals surface area contributed by atoms with Crippen molar-refractivity contribution in [2.75, 3.05) is 41.7 Å². The maximum Gasteiger partial charge on any atom is 0.156 e. The second-order valence-electron chi connectivity index (χ2n) is 2.29. The van der Waals surface area contributed by atoms with E-state index in [1.165, 1.54) is 0 Å². The highest BCUT2D eigenvalue weighted by atomic mass is 16.7. The van der Waals surface area contributed by atoms with Crippen LogP contribution in [0.4, 0.5) is 0 Å². The molecule has 0 aliphatic heterocycles.